The van der Waals surface area contributed by atoms with Gasteiger partial charge in [-0.1, -0.05) is 19.3 Å². The predicted octanol–water partition coefficient (Wildman–Crippen LogP) is 2.30. The largest absolute Gasteiger partial charge is 0.325 e. The Morgan fingerprint density at radius 3 is 2.50 bits per heavy atom. The predicted molar refractivity (Wildman–Crippen MR) is 49.7 cm³/mol. The summed E-state index contributed by atoms with van der Waals surface area (Å²) >= 11 is 0. The van der Waals surface area contributed by atoms with Crippen LogP contribution in [0.4, 0.5) is 0 Å². The highest BCUT2D eigenvalue weighted by molar-refractivity contribution is 5.06. The molecule has 0 aromatic rings. The lowest BCUT2D eigenvalue weighted by molar-refractivity contribution is 0.243. The zero-order valence-corrected chi connectivity index (χ0v) is 7.76. The summed E-state index contributed by atoms with van der Waals surface area (Å²) in [4.78, 5) is 0. The van der Waals surface area contributed by atoms with Crippen molar-refractivity contribution in [3.63, 3.8) is 0 Å². The molecule has 0 saturated heterocycles. The zero-order valence-electron chi connectivity index (χ0n) is 7.76. The molecule has 0 heterocycles. The van der Waals surface area contributed by atoms with Crippen LogP contribution in [-0.4, -0.2) is 5.54 Å². The molecule has 0 radical (unpaired) electrons. The smallest absolute Gasteiger partial charge is 0.0188 e. The summed E-state index contributed by atoms with van der Waals surface area (Å²) in [6.45, 7) is 0. The fraction of sp³-hybridized carbons (Fsp3) is 1.00. The average Bonchev–Trinajstić information content (AvgIpc) is 2.62. The van der Waals surface area contributed by atoms with Crippen LogP contribution < -0.4 is 5.73 Å². The minimum atomic E-state index is 0.296. The summed E-state index contributed by atoms with van der Waals surface area (Å²) in [7, 11) is 0. The topological polar surface area (TPSA) is 26.0 Å². The Labute approximate surface area is 74.7 Å². The van der Waals surface area contributed by atoms with Crippen molar-refractivity contribution < 1.29 is 0 Å². The summed E-state index contributed by atoms with van der Waals surface area (Å²) in [6.07, 6.45) is 10.0. The second kappa shape index (κ2) is 2.25. The standard InChI is InChI=1S/C11H19N/c12-11(6-8-1-2-8)7-9-3-4-10(11)5-9/h8-10H,1-7,12H2. The first kappa shape index (κ1) is 7.37. The van der Waals surface area contributed by atoms with Gasteiger partial charge in [-0.25, -0.2) is 0 Å². The zero-order chi connectivity index (χ0) is 8.18. The van der Waals surface area contributed by atoms with Crippen LogP contribution in [-0.2, 0) is 0 Å². The molecule has 3 atom stereocenters. The molecule has 0 aromatic heterocycles. The summed E-state index contributed by atoms with van der Waals surface area (Å²) < 4.78 is 0. The summed E-state index contributed by atoms with van der Waals surface area (Å²) in [5.41, 5.74) is 6.78. The minimum Gasteiger partial charge on any atom is -0.325 e. The first-order chi connectivity index (χ1) is 5.76. The van der Waals surface area contributed by atoms with E-state index in [-0.39, 0.29) is 0 Å². The third kappa shape index (κ3) is 1.02. The van der Waals surface area contributed by atoms with Gasteiger partial charge in [0.25, 0.3) is 0 Å². The molecule has 2 N–H and O–H groups in total. The minimum absolute atomic E-state index is 0.296. The number of hydrogen-bond donors (Lipinski definition) is 1. The van der Waals surface area contributed by atoms with Gasteiger partial charge in [0.15, 0.2) is 0 Å². The van der Waals surface area contributed by atoms with Crippen molar-refractivity contribution in [2.75, 3.05) is 0 Å². The number of hydrogen-bond acceptors (Lipinski definition) is 1. The SMILES string of the molecule is NC1(CC2CC2)CC2CCC1C2. The molecule has 1 heteroatoms. The molecule has 1 nitrogen and oxygen atoms in total. The normalized spacial score (nSPS) is 51.8. The Hall–Kier alpha value is -0.0400. The Morgan fingerprint density at radius 2 is 2.00 bits per heavy atom. The fourth-order valence-corrected chi connectivity index (χ4v) is 3.60. The van der Waals surface area contributed by atoms with Gasteiger partial charge in [0.1, 0.15) is 0 Å². The Balaban J connectivity index is 1.73. The van der Waals surface area contributed by atoms with Crippen molar-refractivity contribution in [3.05, 3.63) is 0 Å². The quantitative estimate of drug-likeness (QED) is 0.667. The molecule has 0 spiro atoms. The molecule has 3 saturated carbocycles. The van der Waals surface area contributed by atoms with E-state index in [1.54, 1.807) is 0 Å². The van der Waals surface area contributed by atoms with Crippen LogP contribution in [0.1, 0.15) is 44.9 Å². The highest BCUT2D eigenvalue weighted by atomic mass is 14.8. The maximum Gasteiger partial charge on any atom is 0.0188 e. The fourth-order valence-electron chi connectivity index (χ4n) is 3.60. The van der Waals surface area contributed by atoms with Gasteiger partial charge < -0.3 is 5.73 Å². The number of fused-ring (bicyclic) bond motifs is 2. The second-order valence-corrected chi connectivity index (χ2v) is 5.46. The van der Waals surface area contributed by atoms with E-state index in [0.717, 1.165) is 17.8 Å². The van der Waals surface area contributed by atoms with Gasteiger partial charge in [-0.15, -0.1) is 0 Å². The average molecular weight is 165 g/mol. The molecule has 0 aliphatic heterocycles. The Morgan fingerprint density at radius 1 is 1.17 bits per heavy atom. The number of nitrogens with two attached hydrogens (primary N) is 1. The van der Waals surface area contributed by atoms with Crippen LogP contribution in [0.3, 0.4) is 0 Å². The highest BCUT2D eigenvalue weighted by Gasteiger charge is 2.50. The van der Waals surface area contributed by atoms with Gasteiger partial charge in [-0.2, -0.15) is 0 Å². The molecule has 3 fully saturated rings. The molecule has 0 amide bonds. The molecule has 2 bridgehead atoms. The maximum atomic E-state index is 6.49. The second-order valence-electron chi connectivity index (χ2n) is 5.46. The molecule has 3 aliphatic rings. The van der Waals surface area contributed by atoms with Crippen LogP contribution >= 0.6 is 0 Å². The monoisotopic (exact) mass is 165 g/mol. The molecule has 3 aliphatic carbocycles. The lowest BCUT2D eigenvalue weighted by atomic mass is 9.78. The van der Waals surface area contributed by atoms with E-state index in [4.69, 9.17) is 5.73 Å². The summed E-state index contributed by atoms with van der Waals surface area (Å²) in [5, 5.41) is 0. The van der Waals surface area contributed by atoms with Crippen molar-refractivity contribution in [2.24, 2.45) is 23.5 Å². The van der Waals surface area contributed by atoms with Crippen molar-refractivity contribution in [2.45, 2.75) is 50.5 Å². The lowest BCUT2D eigenvalue weighted by Crippen LogP contribution is -2.45. The van der Waals surface area contributed by atoms with Gasteiger partial charge >= 0.3 is 0 Å². The molecule has 0 aromatic carbocycles. The van der Waals surface area contributed by atoms with E-state index in [0.29, 0.717) is 5.54 Å². The van der Waals surface area contributed by atoms with Crippen LogP contribution in [0.2, 0.25) is 0 Å². The van der Waals surface area contributed by atoms with Crippen LogP contribution in [0, 0.1) is 17.8 Å². The van der Waals surface area contributed by atoms with Gasteiger partial charge in [0.2, 0.25) is 0 Å². The van der Waals surface area contributed by atoms with Crippen molar-refractivity contribution in [1.82, 2.24) is 0 Å². The summed E-state index contributed by atoms with van der Waals surface area (Å²) in [5.74, 6) is 2.94. The van der Waals surface area contributed by atoms with Crippen molar-refractivity contribution in [1.29, 1.82) is 0 Å². The van der Waals surface area contributed by atoms with Gasteiger partial charge in [-0.05, 0) is 43.4 Å². The third-order valence-corrected chi connectivity index (χ3v) is 4.39. The van der Waals surface area contributed by atoms with E-state index in [9.17, 15) is 0 Å². The Kier molecular flexibility index (Phi) is 1.39. The van der Waals surface area contributed by atoms with Crippen molar-refractivity contribution >= 4 is 0 Å². The maximum absolute atomic E-state index is 6.49. The first-order valence-corrected chi connectivity index (χ1v) is 5.55. The summed E-state index contributed by atoms with van der Waals surface area (Å²) in [6, 6.07) is 0. The van der Waals surface area contributed by atoms with E-state index < -0.39 is 0 Å². The van der Waals surface area contributed by atoms with Crippen LogP contribution in [0.25, 0.3) is 0 Å². The first-order valence-electron chi connectivity index (χ1n) is 5.55. The van der Waals surface area contributed by atoms with Gasteiger partial charge in [-0.3, -0.25) is 0 Å². The van der Waals surface area contributed by atoms with E-state index >= 15 is 0 Å². The van der Waals surface area contributed by atoms with Crippen LogP contribution in [0.5, 0.6) is 0 Å². The lowest BCUT2D eigenvalue weighted by Gasteiger charge is -2.34. The molecule has 3 unspecified atom stereocenters. The molecule has 12 heavy (non-hydrogen) atoms. The van der Waals surface area contributed by atoms with E-state index in [1.807, 2.05) is 0 Å². The Bertz CT molecular complexity index is 197. The molecule has 3 rings (SSSR count). The molecule has 68 valence electrons. The third-order valence-electron chi connectivity index (χ3n) is 4.39. The van der Waals surface area contributed by atoms with Crippen molar-refractivity contribution in [3.8, 4) is 0 Å². The van der Waals surface area contributed by atoms with Gasteiger partial charge in [0, 0.05) is 5.54 Å². The molecular weight excluding hydrogens is 146 g/mol. The van der Waals surface area contributed by atoms with Crippen LogP contribution in [0.15, 0.2) is 0 Å². The van der Waals surface area contributed by atoms with E-state index in [1.165, 1.54) is 44.9 Å². The van der Waals surface area contributed by atoms with E-state index in [2.05, 4.69) is 0 Å². The van der Waals surface area contributed by atoms with Gasteiger partial charge in [0.05, 0.1) is 0 Å². The molecular formula is C11H19N. The highest BCUT2D eigenvalue weighted by Crippen LogP contribution is 2.53. The number of rotatable bonds is 2.